The first kappa shape index (κ1) is 76.6. The number of unbranched alkanes of at least 4 members (excludes halogenated alkanes) is 25. The number of likely N-dealkylation sites (N-methyl/N-ethyl adjacent to an activating group) is 1. The smallest absolute Gasteiger partial charge is 0.268 e. The lowest BCUT2D eigenvalue weighted by atomic mass is 10.0. The Morgan fingerprint density at radius 2 is 0.775 bits per heavy atom. The van der Waals surface area contributed by atoms with Crippen molar-refractivity contribution in [2.45, 2.75) is 270 Å². The normalized spacial score (nSPS) is 14.6. The third kappa shape index (κ3) is 62.2. The number of quaternary nitrogens is 1. The number of nitrogens with zero attached hydrogens (tertiary/aromatic N) is 1. The molecule has 0 aromatic carbocycles. The summed E-state index contributed by atoms with van der Waals surface area (Å²) in [5, 5.41) is 13.9. The van der Waals surface area contributed by atoms with Crippen molar-refractivity contribution < 1.29 is 32.9 Å². The average molecular weight is 1130 g/mol. The summed E-state index contributed by atoms with van der Waals surface area (Å²) in [5.74, 6) is -0.257. The van der Waals surface area contributed by atoms with Crippen molar-refractivity contribution in [1.82, 2.24) is 5.32 Å². The molecule has 3 atom stereocenters. The molecule has 0 radical (unpaired) electrons. The van der Waals surface area contributed by atoms with Crippen LogP contribution < -0.4 is 10.2 Å². The van der Waals surface area contributed by atoms with Gasteiger partial charge in [-0.05, 0) is 109 Å². The number of carbonyl (C=O) groups excluding carboxylic acids is 1. The van der Waals surface area contributed by atoms with E-state index in [9.17, 15) is 19.4 Å². The number of hydrogen-bond donors (Lipinski definition) is 2. The Kier molecular flexibility index (Phi) is 57.7. The van der Waals surface area contributed by atoms with E-state index in [1.807, 2.05) is 27.2 Å². The largest absolute Gasteiger partial charge is 0.756 e. The molecule has 0 saturated heterocycles. The molecule has 0 rings (SSSR count). The highest BCUT2D eigenvalue weighted by Crippen LogP contribution is 2.38. The number of phosphoric acid groups is 1. The van der Waals surface area contributed by atoms with Crippen molar-refractivity contribution in [3.63, 3.8) is 0 Å². The van der Waals surface area contributed by atoms with Gasteiger partial charge in [0.25, 0.3) is 7.82 Å². The van der Waals surface area contributed by atoms with Crippen LogP contribution in [0.3, 0.4) is 0 Å². The number of nitrogens with one attached hydrogen (secondary N) is 1. The number of aliphatic hydroxyl groups excluding tert-OH is 1. The van der Waals surface area contributed by atoms with Gasteiger partial charge in [-0.3, -0.25) is 9.36 Å². The Hall–Kier alpha value is -3.36. The monoisotopic (exact) mass is 1130 g/mol. The molecule has 458 valence electrons. The lowest BCUT2D eigenvalue weighted by Crippen LogP contribution is -2.45. The van der Waals surface area contributed by atoms with E-state index in [0.29, 0.717) is 23.9 Å². The first-order valence-electron chi connectivity index (χ1n) is 32.5. The number of hydrogen-bond acceptors (Lipinski definition) is 6. The molecule has 0 aliphatic rings. The minimum Gasteiger partial charge on any atom is -0.756 e. The number of rotatable bonds is 58. The van der Waals surface area contributed by atoms with Gasteiger partial charge in [-0.25, -0.2) is 0 Å². The summed E-state index contributed by atoms with van der Waals surface area (Å²) >= 11 is 0. The van der Waals surface area contributed by atoms with Gasteiger partial charge in [0, 0.05) is 6.42 Å². The molecule has 0 bridgehead atoms. The molecule has 0 aromatic rings. The molecule has 0 heterocycles. The third-order valence-corrected chi connectivity index (χ3v) is 14.8. The van der Waals surface area contributed by atoms with Crippen LogP contribution in [0.15, 0.2) is 134 Å². The maximum absolute atomic E-state index is 13.0. The first-order valence-corrected chi connectivity index (χ1v) is 34.0. The Balaban J connectivity index is 4.32. The van der Waals surface area contributed by atoms with Crippen LogP contribution in [-0.4, -0.2) is 68.5 Å². The maximum Gasteiger partial charge on any atom is 0.268 e. The van der Waals surface area contributed by atoms with Gasteiger partial charge in [0.15, 0.2) is 0 Å². The number of carbonyl (C=O) groups is 1. The second kappa shape index (κ2) is 60.2. The number of allylic oxidation sites excluding steroid dienone is 21. The molecule has 8 nitrogen and oxygen atoms in total. The summed E-state index contributed by atoms with van der Waals surface area (Å²) in [6.07, 6.45) is 91.4. The van der Waals surface area contributed by atoms with Crippen LogP contribution in [0, 0.1) is 0 Å². The number of aliphatic hydroxyl groups is 1. The molecule has 0 spiro atoms. The van der Waals surface area contributed by atoms with Gasteiger partial charge in [-0.15, -0.1) is 0 Å². The van der Waals surface area contributed by atoms with Crippen molar-refractivity contribution in [2.24, 2.45) is 0 Å². The van der Waals surface area contributed by atoms with E-state index in [1.165, 1.54) is 141 Å². The fourth-order valence-corrected chi connectivity index (χ4v) is 9.51. The summed E-state index contributed by atoms with van der Waals surface area (Å²) in [7, 11) is 1.19. The molecular weight excluding hydrogens is 1010 g/mol. The summed E-state index contributed by atoms with van der Waals surface area (Å²) in [5.41, 5.74) is 0. The van der Waals surface area contributed by atoms with Crippen LogP contribution in [0.5, 0.6) is 0 Å². The van der Waals surface area contributed by atoms with Crippen molar-refractivity contribution in [3.05, 3.63) is 134 Å². The molecule has 0 aliphatic heterocycles. The minimum atomic E-state index is -4.64. The van der Waals surface area contributed by atoms with Gasteiger partial charge >= 0.3 is 0 Å². The van der Waals surface area contributed by atoms with E-state index >= 15 is 0 Å². The maximum atomic E-state index is 13.0. The number of phosphoric ester groups is 1. The van der Waals surface area contributed by atoms with Gasteiger partial charge in [0.05, 0.1) is 39.9 Å². The van der Waals surface area contributed by atoms with Crippen molar-refractivity contribution >= 4 is 13.7 Å². The topological polar surface area (TPSA) is 108 Å². The van der Waals surface area contributed by atoms with Gasteiger partial charge in [-0.2, -0.15) is 0 Å². The van der Waals surface area contributed by atoms with Crippen LogP contribution in [0.2, 0.25) is 0 Å². The van der Waals surface area contributed by atoms with Crippen LogP contribution in [0.25, 0.3) is 0 Å². The predicted molar refractivity (Wildman–Crippen MR) is 348 cm³/mol. The fraction of sp³-hybridized carbons (Fsp3) is 0.676. The summed E-state index contributed by atoms with van der Waals surface area (Å²) in [6, 6.07) is -0.946. The van der Waals surface area contributed by atoms with Crippen LogP contribution in [-0.2, 0) is 18.4 Å². The first-order chi connectivity index (χ1) is 39.0. The minimum absolute atomic E-state index is 0.0255. The molecule has 2 N–H and O–H groups in total. The Labute approximate surface area is 494 Å². The van der Waals surface area contributed by atoms with Gasteiger partial charge in [-0.1, -0.05) is 276 Å². The van der Waals surface area contributed by atoms with Crippen molar-refractivity contribution in [1.29, 1.82) is 0 Å². The predicted octanol–water partition coefficient (Wildman–Crippen LogP) is 20.0. The number of amides is 1. The Bertz CT molecular complexity index is 1760. The van der Waals surface area contributed by atoms with Gasteiger partial charge in [0.2, 0.25) is 5.91 Å². The lowest BCUT2D eigenvalue weighted by Gasteiger charge is -2.29. The average Bonchev–Trinajstić information content (AvgIpc) is 3.42. The zero-order chi connectivity index (χ0) is 58.4. The quantitative estimate of drug-likeness (QED) is 0.0272. The SMILES string of the molecule is CC/C=C\C/C=C\C/C=C\C/C=C\C/C=C\C/C=C\C/C=C\C/C=C\CCCCC(=O)NC(COP(=O)([O-])OCC[N+](C)(C)C)C(O)/C=C/CC/C=C/CC/C=C/CCCCCCCCCCCCCCCCCCCCCCC. The summed E-state index contributed by atoms with van der Waals surface area (Å²) in [6.45, 7) is 4.47. The summed E-state index contributed by atoms with van der Waals surface area (Å²) in [4.78, 5) is 25.5. The van der Waals surface area contributed by atoms with Crippen LogP contribution >= 0.6 is 7.82 Å². The van der Waals surface area contributed by atoms with Crippen molar-refractivity contribution in [3.8, 4) is 0 Å². The molecule has 9 heteroatoms. The highest BCUT2D eigenvalue weighted by molar-refractivity contribution is 7.45. The molecule has 0 aromatic heterocycles. The molecule has 0 fully saturated rings. The second-order valence-electron chi connectivity index (χ2n) is 22.7. The van der Waals surface area contributed by atoms with E-state index in [-0.39, 0.29) is 18.9 Å². The second-order valence-corrected chi connectivity index (χ2v) is 24.1. The zero-order valence-electron chi connectivity index (χ0n) is 52.2. The van der Waals surface area contributed by atoms with E-state index in [4.69, 9.17) is 9.05 Å². The summed E-state index contributed by atoms with van der Waals surface area (Å²) < 4.78 is 23.4. The molecular formula is C71H123N2O6P. The van der Waals surface area contributed by atoms with E-state index < -0.39 is 26.6 Å². The third-order valence-electron chi connectivity index (χ3n) is 13.8. The Morgan fingerprint density at radius 1 is 0.450 bits per heavy atom. The molecule has 80 heavy (non-hydrogen) atoms. The fourth-order valence-electron chi connectivity index (χ4n) is 8.79. The van der Waals surface area contributed by atoms with Crippen LogP contribution in [0.1, 0.15) is 258 Å². The highest BCUT2D eigenvalue weighted by Gasteiger charge is 2.23. The molecule has 0 saturated carbocycles. The van der Waals surface area contributed by atoms with Crippen LogP contribution in [0.4, 0.5) is 0 Å². The van der Waals surface area contributed by atoms with Crippen molar-refractivity contribution in [2.75, 3.05) is 40.9 Å². The molecule has 1 amide bonds. The van der Waals surface area contributed by atoms with E-state index in [2.05, 4.69) is 141 Å². The molecule has 0 aliphatic carbocycles. The van der Waals surface area contributed by atoms with Gasteiger partial charge in [0.1, 0.15) is 13.2 Å². The highest BCUT2D eigenvalue weighted by atomic mass is 31.2. The zero-order valence-corrected chi connectivity index (χ0v) is 53.1. The van der Waals surface area contributed by atoms with E-state index in [1.54, 1.807) is 6.08 Å². The molecule has 3 unspecified atom stereocenters. The Morgan fingerprint density at radius 3 is 1.16 bits per heavy atom. The van der Waals surface area contributed by atoms with Gasteiger partial charge < -0.3 is 28.8 Å². The lowest BCUT2D eigenvalue weighted by molar-refractivity contribution is -0.870. The standard InChI is InChI=1S/C71H123N2O6P/c1-6-8-10-12-14-16-18-20-22-24-26-28-30-32-34-35-36-37-39-40-42-44-46-48-50-52-54-56-58-60-62-64-70(74)69(68-79-80(76,77)78-67-66-73(3,4)5)72-71(75)65-63-61-59-57-55-53-51-49-47-45-43-41-38-33-31-29-27-25-23-21-19-17-15-13-11-9-7-2/h9,11,15,17,21,23,27,29,33,38,43,45-46,48-49,51,54-57,62,64,69-70,74H,6-8,10,12-14,16,18-20,22,24-26,28,30-32,34-37,39-42,44,47,50,52-53,58-61,63,65-68H2,1-5H3,(H-,72,75,76,77)/b11-9-,17-15-,23-21-,29-27-,38-33-,45-43-,48-46+,51-49-,56-54+,57-55-,64-62+. The van der Waals surface area contributed by atoms with E-state index in [0.717, 1.165) is 83.5 Å².